The van der Waals surface area contributed by atoms with Gasteiger partial charge in [0.15, 0.2) is 0 Å². The predicted molar refractivity (Wildman–Crippen MR) is 95.3 cm³/mol. The molecule has 4 nitrogen and oxygen atoms in total. The molecule has 1 saturated carbocycles. The summed E-state index contributed by atoms with van der Waals surface area (Å²) in [6, 6.07) is 9.10. The lowest BCUT2D eigenvalue weighted by atomic mass is 9.71. The Morgan fingerprint density at radius 2 is 2.04 bits per heavy atom. The zero-order chi connectivity index (χ0) is 16.7. The molecule has 4 atom stereocenters. The second kappa shape index (κ2) is 6.16. The molecule has 1 aromatic carbocycles. The van der Waals surface area contributed by atoms with Crippen molar-refractivity contribution in [3.63, 3.8) is 0 Å². The molecule has 1 saturated heterocycles. The highest BCUT2D eigenvalue weighted by atomic mass is 16.2. The van der Waals surface area contributed by atoms with Crippen LogP contribution in [0.25, 0.3) is 0 Å². The van der Waals surface area contributed by atoms with Crippen molar-refractivity contribution in [2.75, 3.05) is 6.54 Å². The average molecular weight is 327 g/mol. The summed E-state index contributed by atoms with van der Waals surface area (Å²) in [7, 11) is 0. The largest absolute Gasteiger partial charge is 0.349 e. The van der Waals surface area contributed by atoms with E-state index < -0.39 is 0 Å². The third kappa shape index (κ3) is 2.76. The highest BCUT2D eigenvalue weighted by Crippen LogP contribution is 2.41. The Morgan fingerprint density at radius 3 is 2.92 bits per heavy atom. The topological polar surface area (TPSA) is 53.2 Å². The number of carbonyl (C=O) groups excluding carboxylic acids is 1. The van der Waals surface area contributed by atoms with Gasteiger partial charge >= 0.3 is 0 Å². The van der Waals surface area contributed by atoms with Crippen LogP contribution in [-0.4, -0.2) is 18.5 Å². The molecule has 0 aromatic heterocycles. The molecule has 0 spiro atoms. The van der Waals surface area contributed by atoms with Crippen LogP contribution in [0.1, 0.15) is 63.1 Å². The molecular formula is C20H29N3O. The maximum Gasteiger partial charge on any atom is 0.225 e. The summed E-state index contributed by atoms with van der Waals surface area (Å²) in [5.41, 5.74) is 9.50. The molecule has 0 radical (unpaired) electrons. The van der Waals surface area contributed by atoms with Gasteiger partial charge < -0.3 is 5.32 Å². The first kappa shape index (κ1) is 16.1. The quantitative estimate of drug-likeness (QED) is 0.783. The van der Waals surface area contributed by atoms with Crippen molar-refractivity contribution in [2.45, 2.75) is 63.5 Å². The molecule has 3 aliphatic rings. The number of hydrazine groups is 1. The monoisotopic (exact) mass is 327 g/mol. The van der Waals surface area contributed by atoms with Crippen LogP contribution in [0.5, 0.6) is 0 Å². The average Bonchev–Trinajstić information content (AvgIpc) is 3.06. The van der Waals surface area contributed by atoms with Crippen molar-refractivity contribution >= 4 is 5.91 Å². The summed E-state index contributed by atoms with van der Waals surface area (Å²) in [4.78, 5) is 13.0. The van der Waals surface area contributed by atoms with Gasteiger partial charge in [-0.25, -0.2) is 0 Å². The van der Waals surface area contributed by atoms with Crippen LogP contribution in [0.15, 0.2) is 24.3 Å². The van der Waals surface area contributed by atoms with E-state index in [0.29, 0.717) is 12.0 Å². The maximum atomic E-state index is 13.0. The van der Waals surface area contributed by atoms with Gasteiger partial charge in [0.25, 0.3) is 0 Å². The number of fused-ring (bicyclic) bond motifs is 2. The first-order valence-corrected chi connectivity index (χ1v) is 9.44. The normalized spacial score (nSPS) is 34.2. The Hall–Kier alpha value is -1.39. The molecule has 4 heteroatoms. The molecule has 1 aliphatic heterocycles. The van der Waals surface area contributed by atoms with Crippen LogP contribution < -0.4 is 16.2 Å². The molecule has 4 rings (SSSR count). The first-order chi connectivity index (χ1) is 11.6. The van der Waals surface area contributed by atoms with Crippen LogP contribution in [0.2, 0.25) is 0 Å². The van der Waals surface area contributed by atoms with E-state index >= 15 is 0 Å². The van der Waals surface area contributed by atoms with Gasteiger partial charge in [-0.15, -0.1) is 0 Å². The lowest BCUT2D eigenvalue weighted by Gasteiger charge is -2.39. The van der Waals surface area contributed by atoms with Crippen LogP contribution in [0.3, 0.4) is 0 Å². The van der Waals surface area contributed by atoms with Gasteiger partial charge in [0.2, 0.25) is 5.91 Å². The third-order valence-corrected chi connectivity index (χ3v) is 6.44. The number of hydrogen-bond acceptors (Lipinski definition) is 3. The molecule has 3 N–H and O–H groups in total. The minimum absolute atomic E-state index is 0.0980. The van der Waals surface area contributed by atoms with Gasteiger partial charge in [0, 0.05) is 12.6 Å². The van der Waals surface area contributed by atoms with E-state index in [2.05, 4.69) is 54.3 Å². The van der Waals surface area contributed by atoms with Gasteiger partial charge in [-0.1, -0.05) is 44.5 Å². The summed E-state index contributed by atoms with van der Waals surface area (Å²) in [5, 5.41) is 3.39. The van der Waals surface area contributed by atoms with Gasteiger partial charge in [0.05, 0.1) is 12.0 Å². The Kier molecular flexibility index (Phi) is 4.13. The summed E-state index contributed by atoms with van der Waals surface area (Å²) in [6.07, 6.45) is 5.54. The van der Waals surface area contributed by atoms with E-state index in [4.69, 9.17) is 0 Å². The Morgan fingerprint density at radius 1 is 1.21 bits per heavy atom. The van der Waals surface area contributed by atoms with E-state index in [1.807, 2.05) is 0 Å². The fraction of sp³-hybridized carbons (Fsp3) is 0.650. The number of amides is 1. The number of nitrogens with one attached hydrogen (secondary N) is 3. The Balaban J connectivity index is 1.52. The van der Waals surface area contributed by atoms with Crippen molar-refractivity contribution < 1.29 is 4.79 Å². The summed E-state index contributed by atoms with van der Waals surface area (Å²) < 4.78 is 0. The van der Waals surface area contributed by atoms with E-state index in [-0.39, 0.29) is 23.3 Å². The zero-order valence-electron chi connectivity index (χ0n) is 14.8. The van der Waals surface area contributed by atoms with Crippen molar-refractivity contribution in [3.8, 4) is 0 Å². The number of hydrogen-bond donors (Lipinski definition) is 3. The molecule has 24 heavy (non-hydrogen) atoms. The molecule has 1 amide bonds. The minimum Gasteiger partial charge on any atom is -0.349 e. The highest BCUT2D eigenvalue weighted by molar-refractivity contribution is 5.80. The SMILES string of the molecule is CC1(C)CCC(NC(=O)C2CCCC3CNNC32)c2ccccc21. The lowest BCUT2D eigenvalue weighted by Crippen LogP contribution is -2.49. The van der Waals surface area contributed by atoms with Crippen LogP contribution in [0.4, 0.5) is 0 Å². The molecule has 1 heterocycles. The van der Waals surface area contributed by atoms with Crippen LogP contribution in [0, 0.1) is 11.8 Å². The fourth-order valence-corrected chi connectivity index (χ4v) is 4.98. The molecule has 2 aliphatic carbocycles. The van der Waals surface area contributed by atoms with Crippen molar-refractivity contribution in [1.29, 1.82) is 0 Å². The van der Waals surface area contributed by atoms with E-state index in [0.717, 1.165) is 32.2 Å². The van der Waals surface area contributed by atoms with Gasteiger partial charge in [-0.05, 0) is 48.1 Å². The standard InChI is InChI=1S/C20H29N3O/c1-20(2)11-10-17(14-7-3-4-9-16(14)20)22-19(24)15-8-5-6-13-12-21-23-18(13)15/h3-4,7,9,13,15,17-18,21,23H,5-6,8,10-12H2,1-2H3,(H,22,24). The number of rotatable bonds is 2. The zero-order valence-corrected chi connectivity index (χ0v) is 14.8. The van der Waals surface area contributed by atoms with Crippen LogP contribution >= 0.6 is 0 Å². The lowest BCUT2D eigenvalue weighted by molar-refractivity contribution is -0.128. The van der Waals surface area contributed by atoms with Crippen molar-refractivity contribution in [3.05, 3.63) is 35.4 Å². The Labute approximate surface area is 144 Å². The second-order valence-electron chi connectivity index (χ2n) is 8.42. The third-order valence-electron chi connectivity index (χ3n) is 6.44. The molecule has 0 bridgehead atoms. The summed E-state index contributed by atoms with van der Waals surface area (Å²) in [6.45, 7) is 5.61. The van der Waals surface area contributed by atoms with Gasteiger partial charge in [-0.3, -0.25) is 15.6 Å². The van der Waals surface area contributed by atoms with Crippen LogP contribution in [-0.2, 0) is 10.2 Å². The van der Waals surface area contributed by atoms with Gasteiger partial charge in [-0.2, -0.15) is 0 Å². The Bertz CT molecular complexity index is 627. The molecule has 130 valence electrons. The van der Waals surface area contributed by atoms with Gasteiger partial charge in [0.1, 0.15) is 0 Å². The van der Waals surface area contributed by atoms with E-state index in [1.54, 1.807) is 0 Å². The number of benzene rings is 1. The fourth-order valence-electron chi connectivity index (χ4n) is 4.98. The molecular weight excluding hydrogens is 298 g/mol. The molecule has 2 fully saturated rings. The second-order valence-corrected chi connectivity index (χ2v) is 8.42. The minimum atomic E-state index is 0.0980. The predicted octanol–water partition coefficient (Wildman–Crippen LogP) is 2.81. The van der Waals surface area contributed by atoms with E-state index in [9.17, 15) is 4.79 Å². The molecule has 4 unspecified atom stereocenters. The summed E-state index contributed by atoms with van der Waals surface area (Å²) in [5.74, 6) is 0.938. The number of carbonyl (C=O) groups is 1. The maximum absolute atomic E-state index is 13.0. The highest BCUT2D eigenvalue weighted by Gasteiger charge is 2.41. The van der Waals surface area contributed by atoms with Crippen molar-refractivity contribution in [1.82, 2.24) is 16.2 Å². The first-order valence-electron chi connectivity index (χ1n) is 9.44. The van der Waals surface area contributed by atoms with E-state index in [1.165, 1.54) is 17.5 Å². The smallest absolute Gasteiger partial charge is 0.225 e. The van der Waals surface area contributed by atoms with Crippen molar-refractivity contribution in [2.24, 2.45) is 11.8 Å². The molecule has 1 aromatic rings. The summed E-state index contributed by atoms with van der Waals surface area (Å²) >= 11 is 0.